The van der Waals surface area contributed by atoms with Crippen LogP contribution in [0.2, 0.25) is 0 Å². The predicted octanol–water partition coefficient (Wildman–Crippen LogP) is 2.72. The van der Waals surface area contributed by atoms with Crippen molar-refractivity contribution in [2.24, 2.45) is 0 Å². The zero-order valence-corrected chi connectivity index (χ0v) is 7.12. The van der Waals surface area contributed by atoms with Crippen molar-refractivity contribution in [2.75, 3.05) is 0 Å². The van der Waals surface area contributed by atoms with Gasteiger partial charge in [0.05, 0.1) is 5.56 Å². The van der Waals surface area contributed by atoms with Crippen molar-refractivity contribution in [3.8, 4) is 6.07 Å². The van der Waals surface area contributed by atoms with Gasteiger partial charge in [0.2, 0.25) is 0 Å². The molecule has 0 atom stereocenters. The van der Waals surface area contributed by atoms with Gasteiger partial charge >= 0.3 is 0 Å². The van der Waals surface area contributed by atoms with Crippen LogP contribution in [-0.2, 0) is 0 Å². The summed E-state index contributed by atoms with van der Waals surface area (Å²) in [6, 6.07) is 2.06. The number of nitriles is 1. The number of nitrogens with zero attached hydrogens (tertiary/aromatic N) is 1. The molecule has 0 N–H and O–H groups in total. The van der Waals surface area contributed by atoms with Gasteiger partial charge in [0.15, 0.2) is 0 Å². The zero-order chi connectivity index (χ0) is 6.85. The van der Waals surface area contributed by atoms with E-state index >= 15 is 0 Å². The molecule has 1 aromatic heterocycles. The van der Waals surface area contributed by atoms with Crippen LogP contribution in [0.1, 0.15) is 10.4 Å². The minimum atomic E-state index is 0.681. The van der Waals surface area contributed by atoms with E-state index in [-0.39, 0.29) is 0 Å². The van der Waals surface area contributed by atoms with Crippen LogP contribution in [0.15, 0.2) is 0 Å². The molecular weight excluding hydrogens is 170 g/mol. The lowest BCUT2D eigenvalue weighted by molar-refractivity contribution is 1.47. The fourth-order valence-corrected chi connectivity index (χ4v) is 2.90. The highest BCUT2D eigenvalue weighted by Gasteiger charge is 2.00. The van der Waals surface area contributed by atoms with E-state index in [4.69, 9.17) is 17.5 Å². The van der Waals surface area contributed by atoms with Crippen molar-refractivity contribution in [1.82, 2.24) is 0 Å². The fourth-order valence-electron chi connectivity index (χ4n) is 0.452. The topological polar surface area (TPSA) is 23.8 Å². The van der Waals surface area contributed by atoms with Crippen LogP contribution in [0, 0.1) is 22.1 Å². The first-order valence-electron chi connectivity index (χ1n) is 2.25. The molecule has 4 heteroatoms. The maximum atomic E-state index is 8.48. The van der Waals surface area contributed by atoms with Gasteiger partial charge in [0.1, 0.15) is 9.89 Å². The van der Waals surface area contributed by atoms with E-state index < -0.39 is 0 Å². The van der Waals surface area contributed by atoms with Gasteiger partial charge in [-0.3, -0.25) is 0 Å². The number of aryl methyl sites for hydroxylation is 1. The standard InChI is InChI=1S/C5H3NS3/c1-3-4(2-6)5(7)9-8-3/h1H3. The van der Waals surface area contributed by atoms with Crippen molar-refractivity contribution in [3.63, 3.8) is 0 Å². The molecule has 0 radical (unpaired) electrons. The summed E-state index contributed by atoms with van der Waals surface area (Å²) in [7, 11) is 3.06. The van der Waals surface area contributed by atoms with Gasteiger partial charge in [-0.25, -0.2) is 0 Å². The van der Waals surface area contributed by atoms with Crippen LogP contribution in [-0.4, -0.2) is 0 Å². The van der Waals surface area contributed by atoms with E-state index in [1.54, 1.807) is 10.3 Å². The largest absolute Gasteiger partial charge is 0.192 e. The van der Waals surface area contributed by atoms with Gasteiger partial charge in [0.25, 0.3) is 0 Å². The second-order valence-electron chi connectivity index (χ2n) is 1.50. The van der Waals surface area contributed by atoms with Gasteiger partial charge < -0.3 is 0 Å². The molecule has 0 bridgehead atoms. The maximum Gasteiger partial charge on any atom is 0.119 e. The smallest absolute Gasteiger partial charge is 0.119 e. The summed E-state index contributed by atoms with van der Waals surface area (Å²) >= 11 is 4.88. The molecule has 1 rings (SSSR count). The number of hydrogen-bond acceptors (Lipinski definition) is 4. The molecule has 0 saturated carbocycles. The van der Waals surface area contributed by atoms with E-state index in [2.05, 4.69) is 6.07 Å². The van der Waals surface area contributed by atoms with Crippen LogP contribution >= 0.6 is 32.9 Å². The van der Waals surface area contributed by atoms with Crippen LogP contribution in [0.5, 0.6) is 0 Å². The van der Waals surface area contributed by atoms with Gasteiger partial charge in [-0.2, -0.15) is 5.26 Å². The van der Waals surface area contributed by atoms with Gasteiger partial charge in [-0.1, -0.05) is 32.9 Å². The molecule has 46 valence electrons. The van der Waals surface area contributed by atoms with E-state index in [1.165, 1.54) is 10.3 Å². The molecule has 0 fully saturated rings. The van der Waals surface area contributed by atoms with Crippen molar-refractivity contribution in [2.45, 2.75) is 6.92 Å². The molecule has 1 nitrogen and oxygen atoms in total. The molecule has 0 aliphatic carbocycles. The quantitative estimate of drug-likeness (QED) is 0.445. The second-order valence-corrected chi connectivity index (χ2v) is 4.52. The Balaban J connectivity index is 3.46. The first kappa shape index (κ1) is 6.87. The molecule has 0 unspecified atom stereocenters. The van der Waals surface area contributed by atoms with Crippen molar-refractivity contribution < 1.29 is 0 Å². The minimum Gasteiger partial charge on any atom is -0.192 e. The molecule has 0 aliphatic rings. The molecule has 0 spiro atoms. The van der Waals surface area contributed by atoms with Gasteiger partial charge in [-0.15, -0.1) is 0 Å². The average Bonchev–Trinajstić information content (AvgIpc) is 2.12. The second kappa shape index (κ2) is 2.56. The Kier molecular flexibility index (Phi) is 1.96. The maximum absolute atomic E-state index is 8.48. The first-order valence-corrected chi connectivity index (χ1v) is 4.81. The summed E-state index contributed by atoms with van der Waals surface area (Å²) in [5.74, 6) is 0. The van der Waals surface area contributed by atoms with Crippen molar-refractivity contribution in [1.29, 1.82) is 5.26 Å². The molecular formula is C5H3NS3. The minimum absolute atomic E-state index is 0.681. The van der Waals surface area contributed by atoms with Crippen LogP contribution in [0.25, 0.3) is 0 Å². The third-order valence-corrected chi connectivity index (χ3v) is 4.07. The Morgan fingerprint density at radius 1 is 1.56 bits per heavy atom. The SMILES string of the molecule is Cc1ssc(=S)c1C#N. The Hall–Kier alpha value is -0.240. The normalized spacial score (nSPS) is 8.89. The summed E-state index contributed by atoms with van der Waals surface area (Å²) in [6.07, 6.45) is 0. The summed E-state index contributed by atoms with van der Waals surface area (Å²) in [6.45, 7) is 1.91. The summed E-state index contributed by atoms with van der Waals surface area (Å²) in [5.41, 5.74) is 0.681. The van der Waals surface area contributed by atoms with E-state index in [9.17, 15) is 0 Å². The van der Waals surface area contributed by atoms with E-state index in [0.717, 1.165) is 8.70 Å². The Morgan fingerprint density at radius 2 is 2.22 bits per heavy atom. The third kappa shape index (κ3) is 1.18. The predicted molar refractivity (Wildman–Crippen MR) is 42.5 cm³/mol. The van der Waals surface area contributed by atoms with E-state index in [1.807, 2.05) is 6.92 Å². The lowest BCUT2D eigenvalue weighted by atomic mass is 10.3. The first-order chi connectivity index (χ1) is 4.25. The lowest BCUT2D eigenvalue weighted by Gasteiger charge is -1.76. The number of hydrogen-bond donors (Lipinski definition) is 0. The number of rotatable bonds is 0. The van der Waals surface area contributed by atoms with Crippen molar-refractivity contribution >= 4 is 32.9 Å². The van der Waals surface area contributed by atoms with Crippen LogP contribution in [0.4, 0.5) is 0 Å². The fraction of sp³-hybridized carbons (Fsp3) is 0.200. The summed E-state index contributed by atoms with van der Waals surface area (Å²) in [4.78, 5) is 1.03. The van der Waals surface area contributed by atoms with Crippen LogP contribution < -0.4 is 0 Å². The third-order valence-electron chi connectivity index (χ3n) is 0.910. The highest BCUT2D eigenvalue weighted by atomic mass is 32.9. The highest BCUT2D eigenvalue weighted by Crippen LogP contribution is 2.22. The monoisotopic (exact) mass is 173 g/mol. The van der Waals surface area contributed by atoms with Gasteiger partial charge in [0, 0.05) is 4.88 Å². The van der Waals surface area contributed by atoms with Crippen LogP contribution in [0.3, 0.4) is 0 Å². The lowest BCUT2D eigenvalue weighted by Crippen LogP contribution is -1.68. The van der Waals surface area contributed by atoms with Crippen molar-refractivity contribution in [3.05, 3.63) is 14.3 Å². The summed E-state index contributed by atoms with van der Waals surface area (Å²) in [5, 5.41) is 8.48. The molecule has 9 heavy (non-hydrogen) atoms. The molecule has 1 heterocycles. The molecule has 0 saturated heterocycles. The Bertz CT molecular complexity index is 301. The summed E-state index contributed by atoms with van der Waals surface area (Å²) < 4.78 is 0.722. The Morgan fingerprint density at radius 3 is 2.44 bits per heavy atom. The molecule has 0 amide bonds. The molecule has 0 aromatic carbocycles. The molecule has 1 aromatic rings. The van der Waals surface area contributed by atoms with E-state index in [0.29, 0.717) is 5.56 Å². The van der Waals surface area contributed by atoms with Gasteiger partial charge in [-0.05, 0) is 6.92 Å². The highest BCUT2D eigenvalue weighted by molar-refractivity contribution is 7.79. The Labute approximate surface area is 65.6 Å². The zero-order valence-electron chi connectivity index (χ0n) is 4.67. The molecule has 0 aliphatic heterocycles. The average molecular weight is 173 g/mol.